The van der Waals surface area contributed by atoms with Crippen LogP contribution in [0.25, 0.3) is 0 Å². The fraction of sp³-hybridized carbons (Fsp3) is 0.529. The Balaban J connectivity index is 2.06. The number of nitrogens with zero attached hydrogens (tertiary/aromatic N) is 1. The molecule has 21 heavy (non-hydrogen) atoms. The van der Waals surface area contributed by atoms with Crippen molar-refractivity contribution in [3.8, 4) is 11.8 Å². The normalized spacial score (nSPS) is 22.7. The van der Waals surface area contributed by atoms with E-state index in [1.807, 2.05) is 23.9 Å². The van der Waals surface area contributed by atoms with Gasteiger partial charge in [-0.1, -0.05) is 24.8 Å². The Morgan fingerprint density at radius 2 is 2.24 bits per heavy atom. The molecule has 0 spiro atoms. The van der Waals surface area contributed by atoms with Gasteiger partial charge in [0.25, 0.3) is 0 Å². The highest BCUT2D eigenvalue weighted by atomic mass is 32.2. The van der Waals surface area contributed by atoms with Crippen molar-refractivity contribution < 1.29 is 9.50 Å². The van der Waals surface area contributed by atoms with Gasteiger partial charge in [-0.2, -0.15) is 11.8 Å². The van der Waals surface area contributed by atoms with Gasteiger partial charge in [-0.25, -0.2) is 4.39 Å². The molecular formula is C17H22FNOS. The van der Waals surface area contributed by atoms with E-state index >= 15 is 0 Å². The van der Waals surface area contributed by atoms with Crippen LogP contribution in [0.3, 0.4) is 0 Å². The lowest BCUT2D eigenvalue weighted by atomic mass is 10.1. The molecule has 2 nitrogen and oxygen atoms in total. The second kappa shape index (κ2) is 7.84. The van der Waals surface area contributed by atoms with Gasteiger partial charge in [-0.05, 0) is 19.1 Å². The van der Waals surface area contributed by atoms with E-state index in [4.69, 9.17) is 5.11 Å². The quantitative estimate of drug-likeness (QED) is 0.869. The zero-order valence-corrected chi connectivity index (χ0v) is 13.4. The van der Waals surface area contributed by atoms with Crippen molar-refractivity contribution in [2.45, 2.75) is 38.1 Å². The maximum atomic E-state index is 14.2. The third-order valence-corrected chi connectivity index (χ3v) is 5.25. The summed E-state index contributed by atoms with van der Waals surface area (Å²) in [6.45, 7) is 6.15. The summed E-state index contributed by atoms with van der Waals surface area (Å²) in [6.07, 6.45) is 0.421. The van der Waals surface area contributed by atoms with Crippen LogP contribution >= 0.6 is 11.8 Å². The number of hydrogen-bond donors (Lipinski definition) is 1. The molecular weight excluding hydrogens is 285 g/mol. The predicted octanol–water partition coefficient (Wildman–Crippen LogP) is 2.89. The van der Waals surface area contributed by atoms with Crippen LogP contribution in [0.15, 0.2) is 18.2 Å². The summed E-state index contributed by atoms with van der Waals surface area (Å²) in [5, 5.41) is 9.28. The predicted molar refractivity (Wildman–Crippen MR) is 86.8 cm³/mol. The van der Waals surface area contributed by atoms with Crippen LogP contribution in [-0.4, -0.2) is 40.2 Å². The number of halogens is 1. The highest BCUT2D eigenvalue weighted by Crippen LogP contribution is 2.26. The van der Waals surface area contributed by atoms with Crippen molar-refractivity contribution in [3.05, 3.63) is 35.1 Å². The van der Waals surface area contributed by atoms with Crippen LogP contribution in [0.5, 0.6) is 0 Å². The lowest BCUT2D eigenvalue weighted by molar-refractivity contribution is 0.202. The average molecular weight is 307 g/mol. The van der Waals surface area contributed by atoms with Crippen LogP contribution in [0.1, 0.15) is 31.4 Å². The van der Waals surface area contributed by atoms with Crippen LogP contribution in [0.4, 0.5) is 4.39 Å². The summed E-state index contributed by atoms with van der Waals surface area (Å²) in [7, 11) is 0. The van der Waals surface area contributed by atoms with E-state index in [0.29, 0.717) is 29.8 Å². The summed E-state index contributed by atoms with van der Waals surface area (Å²) in [5.41, 5.74) is 1.40. The molecule has 2 atom stereocenters. The topological polar surface area (TPSA) is 23.5 Å². The summed E-state index contributed by atoms with van der Waals surface area (Å²) in [6, 6.07) is 5.65. The van der Waals surface area contributed by atoms with E-state index in [9.17, 15) is 4.39 Å². The maximum absolute atomic E-state index is 14.2. The molecule has 0 aliphatic carbocycles. The summed E-state index contributed by atoms with van der Waals surface area (Å²) in [5.74, 6) is 6.60. The first-order valence-electron chi connectivity index (χ1n) is 7.35. The van der Waals surface area contributed by atoms with Crippen molar-refractivity contribution in [1.29, 1.82) is 0 Å². The molecule has 0 radical (unpaired) electrons. The lowest BCUT2D eigenvalue weighted by Crippen LogP contribution is -2.44. The Labute approximate surface area is 130 Å². The molecule has 1 N–H and O–H groups in total. The van der Waals surface area contributed by atoms with Crippen molar-refractivity contribution >= 4 is 11.8 Å². The first-order chi connectivity index (χ1) is 10.1. The molecule has 1 aliphatic heterocycles. The molecule has 1 aliphatic rings. The van der Waals surface area contributed by atoms with E-state index in [0.717, 1.165) is 17.9 Å². The number of aliphatic hydroxyl groups is 1. The molecule has 4 heteroatoms. The number of benzene rings is 1. The molecule has 1 fully saturated rings. The monoisotopic (exact) mass is 307 g/mol. The number of aliphatic hydroxyl groups excluding tert-OH is 1. The van der Waals surface area contributed by atoms with Gasteiger partial charge < -0.3 is 5.11 Å². The highest BCUT2D eigenvalue weighted by Gasteiger charge is 2.25. The molecule has 0 saturated carbocycles. The van der Waals surface area contributed by atoms with E-state index in [-0.39, 0.29) is 12.4 Å². The highest BCUT2D eigenvalue weighted by molar-refractivity contribution is 8.00. The van der Waals surface area contributed by atoms with Crippen LogP contribution < -0.4 is 0 Å². The minimum absolute atomic E-state index is 0.0383. The van der Waals surface area contributed by atoms with Crippen LogP contribution in [0, 0.1) is 17.7 Å². The van der Waals surface area contributed by atoms with Crippen molar-refractivity contribution in [3.63, 3.8) is 0 Å². The standard InChI is InChI=1S/C17H22FNOS/c1-13-14(2)21-10-8-19(13)12-16-7-6-15(11-17(16)18)5-3-4-9-20/h6-7,11,13-14,20H,4,8-10,12H2,1-2H3. The first-order valence-corrected chi connectivity index (χ1v) is 8.40. The van der Waals surface area contributed by atoms with E-state index in [1.165, 1.54) is 6.07 Å². The fourth-order valence-electron chi connectivity index (χ4n) is 2.41. The third kappa shape index (κ3) is 4.47. The molecule has 2 unspecified atom stereocenters. The van der Waals surface area contributed by atoms with Crippen molar-refractivity contribution in [2.24, 2.45) is 0 Å². The fourth-order valence-corrected chi connectivity index (χ4v) is 3.57. The number of rotatable bonds is 3. The Hall–Kier alpha value is -1.02. The second-order valence-corrected chi connectivity index (χ2v) is 6.85. The average Bonchev–Trinajstić information content (AvgIpc) is 2.47. The second-order valence-electron chi connectivity index (χ2n) is 5.37. The zero-order chi connectivity index (χ0) is 15.2. The summed E-state index contributed by atoms with van der Waals surface area (Å²) < 4.78 is 14.2. The van der Waals surface area contributed by atoms with Gasteiger partial charge in [0.05, 0.1) is 6.61 Å². The van der Waals surface area contributed by atoms with Crippen LogP contribution in [-0.2, 0) is 6.54 Å². The van der Waals surface area contributed by atoms with Crippen molar-refractivity contribution in [1.82, 2.24) is 4.90 Å². The molecule has 114 valence electrons. The Kier molecular flexibility index (Phi) is 6.10. The molecule has 0 aromatic heterocycles. The van der Waals surface area contributed by atoms with E-state index < -0.39 is 0 Å². The SMILES string of the molecule is CC1SCCN(Cc2ccc(C#CCCO)cc2F)C1C. The molecule has 0 amide bonds. The molecule has 0 bridgehead atoms. The van der Waals surface area contributed by atoms with Gasteiger partial charge in [0.1, 0.15) is 5.82 Å². The van der Waals surface area contributed by atoms with E-state index in [2.05, 4.69) is 30.6 Å². The number of thioether (sulfide) groups is 1. The smallest absolute Gasteiger partial charge is 0.128 e. The van der Waals surface area contributed by atoms with Gasteiger partial charge in [0.15, 0.2) is 0 Å². The van der Waals surface area contributed by atoms with E-state index in [1.54, 1.807) is 0 Å². The largest absolute Gasteiger partial charge is 0.395 e. The Morgan fingerprint density at radius 3 is 2.95 bits per heavy atom. The first kappa shape index (κ1) is 16.4. The van der Waals surface area contributed by atoms with Gasteiger partial charge in [-0.15, -0.1) is 0 Å². The maximum Gasteiger partial charge on any atom is 0.128 e. The van der Waals surface area contributed by atoms with Gasteiger partial charge in [0.2, 0.25) is 0 Å². The third-order valence-electron chi connectivity index (χ3n) is 3.91. The van der Waals surface area contributed by atoms with Gasteiger partial charge >= 0.3 is 0 Å². The lowest BCUT2D eigenvalue weighted by Gasteiger charge is -2.37. The minimum atomic E-state index is -0.191. The Bertz CT molecular complexity index is 537. The minimum Gasteiger partial charge on any atom is -0.395 e. The van der Waals surface area contributed by atoms with Crippen molar-refractivity contribution in [2.75, 3.05) is 18.9 Å². The van der Waals surface area contributed by atoms with Gasteiger partial charge in [-0.3, -0.25) is 4.90 Å². The molecule has 1 heterocycles. The summed E-state index contributed by atoms with van der Waals surface area (Å²) >= 11 is 1.98. The molecule has 1 aromatic carbocycles. The molecule has 2 rings (SSSR count). The molecule has 1 aromatic rings. The van der Waals surface area contributed by atoms with Gasteiger partial charge in [0, 0.05) is 47.7 Å². The zero-order valence-electron chi connectivity index (χ0n) is 12.6. The number of hydrogen-bond acceptors (Lipinski definition) is 3. The van der Waals surface area contributed by atoms with Crippen LogP contribution in [0.2, 0.25) is 0 Å². The Morgan fingerprint density at radius 1 is 1.43 bits per heavy atom. The summed E-state index contributed by atoms with van der Waals surface area (Å²) in [4.78, 5) is 2.34. The molecule has 1 saturated heterocycles.